The fraction of sp³-hybridized carbons (Fsp3) is 0.136. The Kier molecular flexibility index (Phi) is 4.74. The summed E-state index contributed by atoms with van der Waals surface area (Å²) in [6.07, 6.45) is 6.58. The summed E-state index contributed by atoms with van der Waals surface area (Å²) in [4.78, 5) is 16.9. The third-order valence-corrected chi connectivity index (χ3v) is 5.27. The van der Waals surface area contributed by atoms with E-state index in [4.69, 9.17) is 15.0 Å². The van der Waals surface area contributed by atoms with E-state index >= 15 is 0 Å². The number of fused-ring (bicyclic) bond motifs is 1. The Hall–Kier alpha value is -4.34. The summed E-state index contributed by atoms with van der Waals surface area (Å²) in [7, 11) is 1.50. The van der Waals surface area contributed by atoms with E-state index in [0.29, 0.717) is 33.9 Å². The van der Waals surface area contributed by atoms with Crippen LogP contribution in [0.1, 0.15) is 18.7 Å². The molecule has 0 radical (unpaired) electrons. The summed E-state index contributed by atoms with van der Waals surface area (Å²) in [6, 6.07) is 8.08. The molecule has 0 spiro atoms. The monoisotopic (exact) mass is 431 g/mol. The van der Waals surface area contributed by atoms with E-state index in [9.17, 15) is 4.39 Å². The molecule has 10 heteroatoms. The van der Waals surface area contributed by atoms with Crippen LogP contribution in [-0.4, -0.2) is 36.8 Å². The Balaban J connectivity index is 1.60. The lowest BCUT2D eigenvalue weighted by atomic mass is 10.1. The average Bonchev–Trinajstić information content (AvgIpc) is 3.45. The third kappa shape index (κ3) is 3.22. The van der Waals surface area contributed by atoms with Crippen LogP contribution in [0.15, 0.2) is 59.8 Å². The van der Waals surface area contributed by atoms with E-state index < -0.39 is 0 Å². The van der Waals surface area contributed by atoms with Gasteiger partial charge in [0.25, 0.3) is 0 Å². The molecule has 0 aliphatic rings. The molecular formula is C22H18FN7O2. The summed E-state index contributed by atoms with van der Waals surface area (Å²) >= 11 is 0. The van der Waals surface area contributed by atoms with Gasteiger partial charge in [0.15, 0.2) is 5.76 Å². The van der Waals surface area contributed by atoms with Gasteiger partial charge in [-0.3, -0.25) is 0 Å². The molecule has 0 fully saturated rings. The molecule has 0 amide bonds. The Morgan fingerprint density at radius 2 is 1.88 bits per heavy atom. The predicted molar refractivity (Wildman–Crippen MR) is 115 cm³/mol. The number of benzene rings is 1. The minimum Gasteiger partial charge on any atom is -0.467 e. The molecule has 0 aliphatic heterocycles. The summed E-state index contributed by atoms with van der Waals surface area (Å²) < 4.78 is 26.7. The van der Waals surface area contributed by atoms with Crippen LogP contribution in [0.5, 0.6) is 6.01 Å². The van der Waals surface area contributed by atoms with E-state index in [2.05, 4.69) is 25.1 Å². The van der Waals surface area contributed by atoms with Crippen LogP contribution >= 0.6 is 0 Å². The zero-order valence-corrected chi connectivity index (χ0v) is 17.2. The largest absolute Gasteiger partial charge is 0.467 e. The topological polar surface area (TPSA) is 118 Å². The van der Waals surface area contributed by atoms with Gasteiger partial charge in [0, 0.05) is 41.3 Å². The minimum atomic E-state index is -0.367. The molecule has 0 aliphatic carbocycles. The minimum absolute atomic E-state index is 0.261. The Bertz CT molecular complexity index is 1410. The summed E-state index contributed by atoms with van der Waals surface area (Å²) in [5, 5.41) is 4.72. The molecule has 0 bridgehead atoms. The fourth-order valence-corrected chi connectivity index (χ4v) is 3.60. The van der Waals surface area contributed by atoms with Crippen molar-refractivity contribution in [2.24, 2.45) is 0 Å². The van der Waals surface area contributed by atoms with Crippen molar-refractivity contribution in [2.75, 3.05) is 12.8 Å². The quantitative estimate of drug-likeness (QED) is 0.445. The van der Waals surface area contributed by atoms with Crippen molar-refractivity contribution in [1.82, 2.24) is 29.7 Å². The van der Waals surface area contributed by atoms with Crippen LogP contribution < -0.4 is 10.5 Å². The maximum absolute atomic E-state index is 14.2. The molecule has 0 saturated heterocycles. The molecule has 5 rings (SSSR count). The molecule has 9 nitrogen and oxygen atoms in total. The lowest BCUT2D eigenvalue weighted by Gasteiger charge is -2.11. The molecular weight excluding hydrogens is 413 g/mol. The fourth-order valence-electron chi connectivity index (χ4n) is 3.60. The second kappa shape index (κ2) is 7.73. The van der Waals surface area contributed by atoms with Gasteiger partial charge >= 0.3 is 6.01 Å². The average molecular weight is 431 g/mol. The number of nitrogens with zero attached hydrogens (tertiary/aromatic N) is 6. The maximum atomic E-state index is 14.2. The van der Waals surface area contributed by atoms with Gasteiger partial charge in [-0.1, -0.05) is 17.3 Å². The number of nitrogen functional groups attached to an aromatic ring is 1. The van der Waals surface area contributed by atoms with Crippen LogP contribution in [0.4, 0.5) is 10.2 Å². The van der Waals surface area contributed by atoms with Gasteiger partial charge in [-0.2, -0.15) is 0 Å². The first kappa shape index (κ1) is 19.6. The van der Waals surface area contributed by atoms with Gasteiger partial charge in [0.1, 0.15) is 29.3 Å². The van der Waals surface area contributed by atoms with Crippen LogP contribution in [0, 0.1) is 5.82 Å². The standard InChI is InChI=1S/C22H18FN7O2/c1-12(18-7-17(29-32-18)14-5-3-4-6-16(14)23)30-10-15(13-8-25-22(31-2)26-9-13)19-20(24)27-11-28-21(19)30/h3-12H,1-2H3,(H2,24,27,28). The number of halogens is 1. The predicted octanol–water partition coefficient (Wildman–Crippen LogP) is 3.88. The molecule has 4 heterocycles. The highest BCUT2D eigenvalue weighted by Gasteiger charge is 2.22. The highest BCUT2D eigenvalue weighted by molar-refractivity contribution is 6.00. The van der Waals surface area contributed by atoms with Crippen LogP contribution in [0.3, 0.4) is 0 Å². The van der Waals surface area contributed by atoms with Gasteiger partial charge in [0.2, 0.25) is 0 Å². The van der Waals surface area contributed by atoms with E-state index in [1.165, 1.54) is 19.5 Å². The van der Waals surface area contributed by atoms with Gasteiger partial charge in [-0.05, 0) is 19.1 Å². The van der Waals surface area contributed by atoms with E-state index in [-0.39, 0.29) is 17.9 Å². The molecule has 0 saturated carbocycles. The molecule has 160 valence electrons. The van der Waals surface area contributed by atoms with Crippen LogP contribution in [0.2, 0.25) is 0 Å². The molecule has 5 aromatic rings. The highest BCUT2D eigenvalue weighted by Crippen LogP contribution is 2.36. The molecule has 4 aromatic heterocycles. The second-order valence-electron chi connectivity index (χ2n) is 7.14. The molecule has 1 unspecified atom stereocenters. The number of hydrogen-bond donors (Lipinski definition) is 1. The molecule has 2 N–H and O–H groups in total. The number of methoxy groups -OCH3 is 1. The van der Waals surface area contributed by atoms with E-state index in [1.54, 1.807) is 36.7 Å². The van der Waals surface area contributed by atoms with Crippen molar-refractivity contribution in [3.63, 3.8) is 0 Å². The lowest BCUT2D eigenvalue weighted by Crippen LogP contribution is -2.05. The molecule has 1 atom stereocenters. The van der Waals surface area contributed by atoms with Crippen LogP contribution in [-0.2, 0) is 0 Å². The number of anilines is 1. The Morgan fingerprint density at radius 3 is 2.62 bits per heavy atom. The van der Waals surface area contributed by atoms with Crippen molar-refractivity contribution in [2.45, 2.75) is 13.0 Å². The Morgan fingerprint density at radius 1 is 1.09 bits per heavy atom. The third-order valence-electron chi connectivity index (χ3n) is 5.27. The second-order valence-corrected chi connectivity index (χ2v) is 7.14. The molecule has 1 aromatic carbocycles. The Labute approximate surface area is 181 Å². The summed E-state index contributed by atoms with van der Waals surface area (Å²) in [5.41, 5.74) is 9.08. The first-order chi connectivity index (χ1) is 15.6. The van der Waals surface area contributed by atoms with Gasteiger partial charge in [-0.25, -0.2) is 24.3 Å². The number of hydrogen-bond acceptors (Lipinski definition) is 8. The van der Waals surface area contributed by atoms with Crippen LogP contribution in [0.25, 0.3) is 33.4 Å². The van der Waals surface area contributed by atoms with Crippen molar-refractivity contribution in [3.8, 4) is 28.4 Å². The van der Waals surface area contributed by atoms with Crippen molar-refractivity contribution >= 4 is 16.9 Å². The highest BCUT2D eigenvalue weighted by atomic mass is 19.1. The van der Waals surface area contributed by atoms with Gasteiger partial charge < -0.3 is 19.6 Å². The van der Waals surface area contributed by atoms with Crippen molar-refractivity contribution in [3.05, 3.63) is 66.8 Å². The first-order valence-electron chi connectivity index (χ1n) is 9.75. The maximum Gasteiger partial charge on any atom is 0.316 e. The van der Waals surface area contributed by atoms with E-state index in [0.717, 1.165) is 11.1 Å². The van der Waals surface area contributed by atoms with Crippen molar-refractivity contribution in [1.29, 1.82) is 0 Å². The van der Waals surface area contributed by atoms with Crippen molar-refractivity contribution < 1.29 is 13.7 Å². The summed E-state index contributed by atoms with van der Waals surface area (Å²) in [5.74, 6) is 0.500. The van der Waals surface area contributed by atoms with Gasteiger partial charge in [0.05, 0.1) is 18.5 Å². The normalized spacial score (nSPS) is 12.2. The number of ether oxygens (including phenoxy) is 1. The number of nitrogens with two attached hydrogens (primary N) is 1. The number of aromatic nitrogens is 6. The lowest BCUT2D eigenvalue weighted by molar-refractivity contribution is 0.356. The first-order valence-corrected chi connectivity index (χ1v) is 9.75. The zero-order chi connectivity index (χ0) is 22.2. The molecule has 32 heavy (non-hydrogen) atoms. The van der Waals surface area contributed by atoms with Gasteiger partial charge in [-0.15, -0.1) is 0 Å². The number of rotatable bonds is 5. The SMILES string of the molecule is COc1ncc(-c2cn(C(C)c3cc(-c4ccccc4F)no3)c3ncnc(N)c23)cn1. The smallest absolute Gasteiger partial charge is 0.316 e. The summed E-state index contributed by atoms with van der Waals surface area (Å²) in [6.45, 7) is 1.93. The zero-order valence-electron chi connectivity index (χ0n) is 17.2. The van der Waals surface area contributed by atoms with E-state index in [1.807, 2.05) is 17.7 Å².